The third-order valence-corrected chi connectivity index (χ3v) is 4.66. The molecule has 126 valence electrons. The van der Waals surface area contributed by atoms with E-state index in [4.69, 9.17) is 9.31 Å². The lowest BCUT2D eigenvalue weighted by Crippen LogP contribution is -2.41. The Kier molecular flexibility index (Phi) is 4.36. The predicted octanol–water partition coefficient (Wildman–Crippen LogP) is 3.13. The molecule has 0 aliphatic carbocycles. The van der Waals surface area contributed by atoms with Crippen molar-refractivity contribution in [2.24, 2.45) is 0 Å². The van der Waals surface area contributed by atoms with E-state index < -0.39 is 24.3 Å². The number of rotatable bonds is 4. The maximum Gasteiger partial charge on any atom is 0.495 e. The van der Waals surface area contributed by atoms with Gasteiger partial charge in [-0.2, -0.15) is 4.39 Å². The normalized spacial score (nSPS) is 18.6. The Labute approximate surface area is 142 Å². The number of nitrogens with zero attached hydrogens (tertiary/aromatic N) is 1. The molecule has 1 aliphatic heterocycles. The fourth-order valence-electron chi connectivity index (χ4n) is 2.51. The number of pyridine rings is 1. The fraction of sp³-hybridized carbons (Fsp3) is 0.389. The molecule has 6 heteroatoms. The van der Waals surface area contributed by atoms with Gasteiger partial charge in [-0.3, -0.25) is 0 Å². The van der Waals surface area contributed by atoms with Gasteiger partial charge in [0.15, 0.2) is 0 Å². The van der Waals surface area contributed by atoms with E-state index in [2.05, 4.69) is 10.3 Å². The molecule has 1 aliphatic rings. The summed E-state index contributed by atoms with van der Waals surface area (Å²) in [5.41, 5.74) is 0.793. The van der Waals surface area contributed by atoms with Gasteiger partial charge in [-0.25, -0.2) is 4.98 Å². The van der Waals surface area contributed by atoms with Gasteiger partial charge >= 0.3 is 7.12 Å². The molecule has 0 unspecified atom stereocenters. The minimum Gasteiger partial charge on any atom is -0.399 e. The molecule has 4 nitrogen and oxygen atoms in total. The van der Waals surface area contributed by atoms with Gasteiger partial charge in [-0.15, -0.1) is 0 Å². The molecule has 2 heterocycles. The topological polar surface area (TPSA) is 43.4 Å². The average molecular weight is 328 g/mol. The Hall–Kier alpha value is -1.92. The molecule has 0 radical (unpaired) electrons. The second-order valence-electron chi connectivity index (χ2n) is 7.04. The monoisotopic (exact) mass is 328 g/mol. The quantitative estimate of drug-likeness (QED) is 0.692. The Bertz CT molecular complexity index is 706. The number of anilines is 1. The zero-order valence-corrected chi connectivity index (χ0v) is 14.5. The first-order chi connectivity index (χ1) is 11.3. The third-order valence-electron chi connectivity index (χ3n) is 4.66. The molecule has 24 heavy (non-hydrogen) atoms. The smallest absolute Gasteiger partial charge is 0.399 e. The number of hydrogen-bond donors (Lipinski definition) is 1. The fourth-order valence-corrected chi connectivity index (χ4v) is 2.51. The van der Waals surface area contributed by atoms with Crippen LogP contribution in [0.3, 0.4) is 0 Å². The van der Waals surface area contributed by atoms with Crippen LogP contribution >= 0.6 is 0 Å². The van der Waals surface area contributed by atoms with Crippen LogP contribution in [0.4, 0.5) is 10.2 Å². The van der Waals surface area contributed by atoms with Crippen molar-refractivity contribution in [3.8, 4) is 0 Å². The third kappa shape index (κ3) is 3.44. The van der Waals surface area contributed by atoms with Crippen molar-refractivity contribution in [2.45, 2.75) is 45.4 Å². The van der Waals surface area contributed by atoms with E-state index >= 15 is 0 Å². The lowest BCUT2D eigenvalue weighted by molar-refractivity contribution is 0.00578. The summed E-state index contributed by atoms with van der Waals surface area (Å²) in [6, 6.07) is 13.0. The van der Waals surface area contributed by atoms with Crippen molar-refractivity contribution < 1.29 is 13.7 Å². The van der Waals surface area contributed by atoms with Crippen LogP contribution in [-0.4, -0.2) is 23.3 Å². The summed E-state index contributed by atoms with van der Waals surface area (Å²) in [6.07, 6.45) is 0. The SMILES string of the molecule is CC1(C)OB(c2cc(F)nc(NCc3ccccc3)c2)OC1(C)C. The van der Waals surface area contributed by atoms with Gasteiger partial charge in [0.05, 0.1) is 11.2 Å². The van der Waals surface area contributed by atoms with Crippen molar-refractivity contribution in [1.82, 2.24) is 4.98 Å². The number of aromatic nitrogens is 1. The van der Waals surface area contributed by atoms with E-state index in [1.807, 2.05) is 58.0 Å². The Morgan fingerprint density at radius 1 is 1.04 bits per heavy atom. The first-order valence-electron chi connectivity index (χ1n) is 8.08. The van der Waals surface area contributed by atoms with E-state index in [-0.39, 0.29) is 0 Å². The van der Waals surface area contributed by atoms with Crippen LogP contribution in [0.25, 0.3) is 0 Å². The first-order valence-corrected chi connectivity index (χ1v) is 8.08. The van der Waals surface area contributed by atoms with Gasteiger partial charge in [0.2, 0.25) is 5.95 Å². The largest absolute Gasteiger partial charge is 0.495 e. The first kappa shape index (κ1) is 16.9. The van der Waals surface area contributed by atoms with Gasteiger partial charge in [-0.1, -0.05) is 30.3 Å². The summed E-state index contributed by atoms with van der Waals surface area (Å²) in [6.45, 7) is 8.45. The van der Waals surface area contributed by atoms with Crippen LogP contribution in [0.2, 0.25) is 0 Å². The molecular weight excluding hydrogens is 306 g/mol. The molecule has 1 fully saturated rings. The summed E-state index contributed by atoms with van der Waals surface area (Å²) in [7, 11) is -0.607. The molecule has 3 rings (SSSR count). The summed E-state index contributed by atoms with van der Waals surface area (Å²) in [4.78, 5) is 3.90. The zero-order chi connectivity index (χ0) is 17.4. The second-order valence-corrected chi connectivity index (χ2v) is 7.04. The van der Waals surface area contributed by atoms with Crippen molar-refractivity contribution in [3.05, 3.63) is 54.0 Å². The van der Waals surface area contributed by atoms with E-state index in [9.17, 15) is 4.39 Å². The molecule has 1 N–H and O–H groups in total. The van der Waals surface area contributed by atoms with E-state index in [1.165, 1.54) is 6.07 Å². The Morgan fingerprint density at radius 3 is 2.29 bits per heavy atom. The maximum absolute atomic E-state index is 13.9. The van der Waals surface area contributed by atoms with Crippen molar-refractivity contribution >= 4 is 18.4 Å². The van der Waals surface area contributed by atoms with Crippen LogP contribution in [0.5, 0.6) is 0 Å². The van der Waals surface area contributed by atoms with E-state index in [0.29, 0.717) is 17.8 Å². The average Bonchev–Trinajstić information content (AvgIpc) is 2.74. The molecular formula is C18H22BFN2O2. The highest BCUT2D eigenvalue weighted by Crippen LogP contribution is 2.36. The highest BCUT2D eigenvalue weighted by Gasteiger charge is 2.51. The molecule has 1 saturated heterocycles. The van der Waals surface area contributed by atoms with Crippen LogP contribution in [0.1, 0.15) is 33.3 Å². The summed E-state index contributed by atoms with van der Waals surface area (Å²) >= 11 is 0. The van der Waals surface area contributed by atoms with Crippen LogP contribution < -0.4 is 10.8 Å². The predicted molar refractivity (Wildman–Crippen MR) is 93.7 cm³/mol. The number of halogens is 1. The second kappa shape index (κ2) is 6.18. The molecule has 1 aromatic carbocycles. The molecule has 0 bridgehead atoms. The van der Waals surface area contributed by atoms with E-state index in [1.54, 1.807) is 6.07 Å². The van der Waals surface area contributed by atoms with Crippen molar-refractivity contribution in [3.63, 3.8) is 0 Å². The van der Waals surface area contributed by atoms with E-state index in [0.717, 1.165) is 5.56 Å². The number of hydrogen-bond acceptors (Lipinski definition) is 4. The van der Waals surface area contributed by atoms with Crippen molar-refractivity contribution in [1.29, 1.82) is 0 Å². The highest BCUT2D eigenvalue weighted by atomic mass is 19.1. The Morgan fingerprint density at radius 2 is 1.67 bits per heavy atom. The standard InChI is InChI=1S/C18H22BFN2O2/c1-17(2)18(3,4)24-19(23-17)14-10-15(20)22-16(11-14)21-12-13-8-6-5-7-9-13/h5-11H,12H2,1-4H3,(H,21,22). The van der Waals surface area contributed by atoms with Gasteiger partial charge < -0.3 is 14.6 Å². The van der Waals surface area contributed by atoms with Gasteiger partial charge in [0, 0.05) is 6.54 Å². The summed E-state index contributed by atoms with van der Waals surface area (Å²) < 4.78 is 25.9. The van der Waals surface area contributed by atoms with Crippen LogP contribution in [0.15, 0.2) is 42.5 Å². The summed E-state index contributed by atoms with van der Waals surface area (Å²) in [5, 5.41) is 3.14. The molecule has 0 amide bonds. The van der Waals surface area contributed by atoms with Crippen LogP contribution in [0, 0.1) is 5.95 Å². The van der Waals surface area contributed by atoms with Crippen LogP contribution in [-0.2, 0) is 15.9 Å². The van der Waals surface area contributed by atoms with Gasteiger partial charge in [0.1, 0.15) is 5.82 Å². The number of benzene rings is 1. The minimum absolute atomic E-state index is 0.462. The summed E-state index contributed by atoms with van der Waals surface area (Å²) in [5.74, 6) is -0.0960. The minimum atomic E-state index is -0.607. The van der Waals surface area contributed by atoms with Crippen molar-refractivity contribution in [2.75, 3.05) is 5.32 Å². The highest BCUT2D eigenvalue weighted by molar-refractivity contribution is 6.62. The maximum atomic E-state index is 13.9. The molecule has 0 spiro atoms. The Balaban J connectivity index is 1.77. The number of nitrogens with one attached hydrogen (secondary N) is 1. The van der Waals surface area contributed by atoms with Gasteiger partial charge in [-0.05, 0) is 50.9 Å². The molecule has 2 aromatic rings. The lowest BCUT2D eigenvalue weighted by Gasteiger charge is -2.32. The van der Waals surface area contributed by atoms with Gasteiger partial charge in [0.25, 0.3) is 0 Å². The lowest BCUT2D eigenvalue weighted by atomic mass is 9.79. The zero-order valence-electron chi connectivity index (χ0n) is 14.5. The molecule has 0 atom stereocenters. The molecule has 1 aromatic heterocycles. The molecule has 0 saturated carbocycles.